The Morgan fingerprint density at radius 1 is 1.29 bits per heavy atom. The molecule has 0 radical (unpaired) electrons. The highest BCUT2D eigenvalue weighted by Gasteiger charge is 2.08. The normalized spacial score (nSPS) is 10.5. The molecule has 90 valence electrons. The van der Waals surface area contributed by atoms with Crippen molar-refractivity contribution in [3.63, 3.8) is 0 Å². The van der Waals surface area contributed by atoms with Crippen molar-refractivity contribution in [3.05, 3.63) is 35.7 Å². The monoisotopic (exact) mass is 233 g/mol. The first kappa shape index (κ1) is 11.6. The predicted molar refractivity (Wildman–Crippen MR) is 63.2 cm³/mol. The van der Waals surface area contributed by atoms with Gasteiger partial charge >= 0.3 is 0 Å². The summed E-state index contributed by atoms with van der Waals surface area (Å²) >= 11 is 0. The van der Waals surface area contributed by atoms with Crippen molar-refractivity contribution in [2.24, 2.45) is 0 Å². The Morgan fingerprint density at radius 2 is 2.00 bits per heavy atom. The quantitative estimate of drug-likeness (QED) is 0.868. The van der Waals surface area contributed by atoms with Gasteiger partial charge in [0.05, 0.1) is 24.6 Å². The minimum absolute atomic E-state index is 0.0944. The van der Waals surface area contributed by atoms with E-state index in [4.69, 9.17) is 9.84 Å². The van der Waals surface area contributed by atoms with Crippen LogP contribution in [0, 0.1) is 6.92 Å². The first-order chi connectivity index (χ1) is 8.26. The molecule has 5 nitrogen and oxygen atoms in total. The van der Waals surface area contributed by atoms with Gasteiger partial charge in [-0.1, -0.05) is 5.21 Å². The van der Waals surface area contributed by atoms with E-state index < -0.39 is 0 Å². The molecule has 2 aromatic rings. The van der Waals surface area contributed by atoms with Crippen molar-refractivity contribution in [2.75, 3.05) is 6.61 Å². The molecule has 0 spiro atoms. The van der Waals surface area contributed by atoms with E-state index in [9.17, 15) is 0 Å². The van der Waals surface area contributed by atoms with E-state index in [1.54, 1.807) is 4.68 Å². The summed E-state index contributed by atoms with van der Waals surface area (Å²) in [6.07, 6.45) is 0. The highest BCUT2D eigenvalue weighted by Crippen LogP contribution is 2.16. The lowest BCUT2D eigenvalue weighted by Crippen LogP contribution is -2.00. The van der Waals surface area contributed by atoms with E-state index in [1.165, 1.54) is 0 Å². The topological polar surface area (TPSA) is 60.2 Å². The summed E-state index contributed by atoms with van der Waals surface area (Å²) in [4.78, 5) is 0. The lowest BCUT2D eigenvalue weighted by atomic mass is 10.3. The molecule has 1 heterocycles. The minimum Gasteiger partial charge on any atom is -0.494 e. The second-order valence-corrected chi connectivity index (χ2v) is 3.62. The smallest absolute Gasteiger partial charge is 0.119 e. The van der Waals surface area contributed by atoms with Crippen molar-refractivity contribution in [2.45, 2.75) is 20.5 Å². The molecule has 0 bridgehead atoms. The van der Waals surface area contributed by atoms with Gasteiger partial charge in [0.1, 0.15) is 11.4 Å². The maximum absolute atomic E-state index is 9.06. The number of aliphatic hydroxyl groups is 1. The van der Waals surface area contributed by atoms with E-state index in [-0.39, 0.29) is 6.61 Å². The van der Waals surface area contributed by atoms with Crippen LogP contribution in [0.4, 0.5) is 0 Å². The molecule has 1 aromatic carbocycles. The number of aromatic nitrogens is 3. The molecule has 0 fully saturated rings. The van der Waals surface area contributed by atoms with Crippen LogP contribution in [0.3, 0.4) is 0 Å². The van der Waals surface area contributed by atoms with E-state index >= 15 is 0 Å². The molecule has 0 aliphatic rings. The molecule has 0 aliphatic heterocycles. The Labute approximate surface area is 99.7 Å². The van der Waals surface area contributed by atoms with Crippen molar-refractivity contribution in [1.82, 2.24) is 15.0 Å². The molecule has 1 N–H and O–H groups in total. The number of aliphatic hydroxyl groups excluding tert-OH is 1. The summed E-state index contributed by atoms with van der Waals surface area (Å²) < 4.78 is 7.06. The SMILES string of the molecule is CCOc1ccc(-n2nnc(CO)c2C)cc1. The number of ether oxygens (including phenoxy) is 1. The molecule has 0 amide bonds. The summed E-state index contributed by atoms with van der Waals surface area (Å²) in [7, 11) is 0. The van der Waals surface area contributed by atoms with Crippen LogP contribution in [0.2, 0.25) is 0 Å². The fourth-order valence-electron chi connectivity index (χ4n) is 1.60. The van der Waals surface area contributed by atoms with Gasteiger partial charge in [-0.25, -0.2) is 4.68 Å². The number of nitrogens with zero attached hydrogens (tertiary/aromatic N) is 3. The zero-order chi connectivity index (χ0) is 12.3. The van der Waals surface area contributed by atoms with Crippen molar-refractivity contribution < 1.29 is 9.84 Å². The summed E-state index contributed by atoms with van der Waals surface area (Å²) in [6, 6.07) is 7.60. The highest BCUT2D eigenvalue weighted by molar-refractivity contribution is 5.38. The lowest BCUT2D eigenvalue weighted by molar-refractivity contribution is 0.276. The van der Waals surface area contributed by atoms with Crippen LogP contribution >= 0.6 is 0 Å². The van der Waals surface area contributed by atoms with E-state index in [0.29, 0.717) is 12.3 Å². The van der Waals surface area contributed by atoms with Gasteiger partial charge in [-0.05, 0) is 38.1 Å². The molecule has 0 saturated heterocycles. The Morgan fingerprint density at radius 3 is 2.53 bits per heavy atom. The molecular weight excluding hydrogens is 218 g/mol. The van der Waals surface area contributed by atoms with E-state index in [1.807, 2.05) is 38.1 Å². The third-order valence-electron chi connectivity index (χ3n) is 2.53. The zero-order valence-corrected chi connectivity index (χ0v) is 9.92. The molecule has 0 atom stereocenters. The first-order valence-corrected chi connectivity index (χ1v) is 5.51. The summed E-state index contributed by atoms with van der Waals surface area (Å²) in [6.45, 7) is 4.38. The predicted octanol–water partition coefficient (Wildman–Crippen LogP) is 1.47. The number of hydrogen-bond acceptors (Lipinski definition) is 4. The van der Waals surface area contributed by atoms with Gasteiger partial charge in [-0.3, -0.25) is 0 Å². The molecule has 5 heteroatoms. The molecule has 0 saturated carbocycles. The third kappa shape index (κ3) is 2.29. The molecule has 2 rings (SSSR count). The first-order valence-electron chi connectivity index (χ1n) is 5.51. The van der Waals surface area contributed by atoms with Crippen LogP contribution in [0.15, 0.2) is 24.3 Å². The maximum atomic E-state index is 9.06. The van der Waals surface area contributed by atoms with Gasteiger partial charge in [0.15, 0.2) is 0 Å². The number of hydrogen-bond donors (Lipinski definition) is 1. The van der Waals surface area contributed by atoms with E-state index in [2.05, 4.69) is 10.3 Å². The molecule has 0 unspecified atom stereocenters. The molecule has 17 heavy (non-hydrogen) atoms. The highest BCUT2D eigenvalue weighted by atomic mass is 16.5. The van der Waals surface area contributed by atoms with Crippen LogP contribution in [0.1, 0.15) is 18.3 Å². The number of rotatable bonds is 4. The van der Waals surface area contributed by atoms with Crippen LogP contribution in [-0.2, 0) is 6.61 Å². The van der Waals surface area contributed by atoms with Gasteiger partial charge in [0, 0.05) is 0 Å². The largest absolute Gasteiger partial charge is 0.494 e. The summed E-state index contributed by atoms with van der Waals surface area (Å²) in [5, 5.41) is 17.0. The van der Waals surface area contributed by atoms with Gasteiger partial charge in [0.2, 0.25) is 0 Å². The Hall–Kier alpha value is -1.88. The van der Waals surface area contributed by atoms with Gasteiger partial charge in [0.25, 0.3) is 0 Å². The lowest BCUT2D eigenvalue weighted by Gasteiger charge is -2.06. The summed E-state index contributed by atoms with van der Waals surface area (Å²) in [5.74, 6) is 0.830. The standard InChI is InChI=1S/C12H15N3O2/c1-3-17-11-6-4-10(5-7-11)15-9(2)12(8-16)13-14-15/h4-7,16H,3,8H2,1-2H3. The zero-order valence-electron chi connectivity index (χ0n) is 9.92. The molecule has 1 aromatic heterocycles. The van der Waals surface area contributed by atoms with Crippen LogP contribution in [0.5, 0.6) is 5.75 Å². The Bertz CT molecular complexity index is 491. The third-order valence-corrected chi connectivity index (χ3v) is 2.53. The van der Waals surface area contributed by atoms with Crippen LogP contribution in [-0.4, -0.2) is 26.7 Å². The maximum Gasteiger partial charge on any atom is 0.119 e. The Balaban J connectivity index is 2.30. The van der Waals surface area contributed by atoms with Crippen molar-refractivity contribution in [3.8, 4) is 11.4 Å². The number of benzene rings is 1. The Kier molecular flexibility index (Phi) is 3.39. The average Bonchev–Trinajstić information content (AvgIpc) is 2.72. The fraction of sp³-hybridized carbons (Fsp3) is 0.333. The van der Waals surface area contributed by atoms with Crippen molar-refractivity contribution >= 4 is 0 Å². The average molecular weight is 233 g/mol. The minimum atomic E-state index is -0.0944. The summed E-state index contributed by atoms with van der Waals surface area (Å²) in [5.41, 5.74) is 2.34. The fourth-order valence-corrected chi connectivity index (χ4v) is 1.60. The second-order valence-electron chi connectivity index (χ2n) is 3.62. The van der Waals surface area contributed by atoms with Crippen molar-refractivity contribution in [1.29, 1.82) is 0 Å². The van der Waals surface area contributed by atoms with Crippen LogP contribution < -0.4 is 4.74 Å². The van der Waals surface area contributed by atoms with Gasteiger partial charge in [-0.15, -0.1) is 5.10 Å². The molecule has 0 aliphatic carbocycles. The van der Waals surface area contributed by atoms with Crippen LogP contribution in [0.25, 0.3) is 5.69 Å². The van der Waals surface area contributed by atoms with Gasteiger partial charge < -0.3 is 9.84 Å². The van der Waals surface area contributed by atoms with E-state index in [0.717, 1.165) is 17.1 Å². The van der Waals surface area contributed by atoms with Gasteiger partial charge in [-0.2, -0.15) is 0 Å². The second kappa shape index (κ2) is 4.97. The molecular formula is C12H15N3O2.